The number of allylic oxidation sites excluding steroid dienone is 2. The molecule has 1 heterocycles. The summed E-state index contributed by atoms with van der Waals surface area (Å²) in [6.07, 6.45) is 5.10. The van der Waals surface area contributed by atoms with Crippen LogP contribution in [0.2, 0.25) is 15.1 Å². The van der Waals surface area contributed by atoms with Gasteiger partial charge in [0.05, 0.1) is 26.8 Å². The van der Waals surface area contributed by atoms with E-state index >= 15 is 0 Å². The summed E-state index contributed by atoms with van der Waals surface area (Å²) in [7, 11) is 0. The molecule has 0 radical (unpaired) electrons. The van der Waals surface area contributed by atoms with Crippen LogP contribution < -0.4 is 5.32 Å². The van der Waals surface area contributed by atoms with E-state index in [9.17, 15) is 4.39 Å². The zero-order chi connectivity index (χ0) is 16.1. The fraction of sp³-hybridized carbons (Fsp3) is 0.222. The van der Waals surface area contributed by atoms with Gasteiger partial charge in [0.25, 0.3) is 0 Å². The minimum Gasteiger partial charge on any atom is -0.376 e. The molecule has 0 spiro atoms. The van der Waals surface area contributed by atoms with E-state index in [0.717, 1.165) is 17.7 Å². The molecule has 1 nitrogen and oxygen atoms in total. The first kappa shape index (κ1) is 15.3. The predicted molar refractivity (Wildman–Crippen MR) is 94.2 cm³/mol. The molecular weight excluding hydrogens is 356 g/mol. The van der Waals surface area contributed by atoms with E-state index in [1.807, 2.05) is 12.1 Å². The number of halogens is 4. The molecule has 0 saturated heterocycles. The van der Waals surface area contributed by atoms with E-state index in [1.54, 1.807) is 12.1 Å². The van der Waals surface area contributed by atoms with Gasteiger partial charge in [-0.15, -0.1) is 0 Å². The average molecular weight is 369 g/mol. The third-order valence-electron chi connectivity index (χ3n) is 4.72. The molecule has 0 unspecified atom stereocenters. The molecule has 3 atom stereocenters. The maximum Gasteiger partial charge on any atom is 0.128 e. The summed E-state index contributed by atoms with van der Waals surface area (Å²) < 4.78 is 14.3. The Morgan fingerprint density at radius 2 is 1.87 bits per heavy atom. The van der Waals surface area contributed by atoms with Gasteiger partial charge in [-0.25, -0.2) is 4.39 Å². The minimum atomic E-state index is -0.213. The molecule has 4 rings (SSSR count). The lowest BCUT2D eigenvalue weighted by Crippen LogP contribution is -2.30. The second-order valence-corrected chi connectivity index (χ2v) is 7.13. The largest absolute Gasteiger partial charge is 0.376 e. The molecule has 23 heavy (non-hydrogen) atoms. The van der Waals surface area contributed by atoms with Gasteiger partial charge in [0.15, 0.2) is 0 Å². The Labute approximate surface area is 149 Å². The van der Waals surface area contributed by atoms with Crippen LogP contribution in [-0.4, -0.2) is 0 Å². The van der Waals surface area contributed by atoms with Gasteiger partial charge in [0.1, 0.15) is 5.82 Å². The van der Waals surface area contributed by atoms with Crippen LogP contribution >= 0.6 is 34.8 Å². The van der Waals surface area contributed by atoms with Crippen molar-refractivity contribution in [3.05, 3.63) is 74.5 Å². The first-order chi connectivity index (χ1) is 11.1. The predicted octanol–water partition coefficient (Wildman–Crippen LogP) is 6.61. The van der Waals surface area contributed by atoms with Gasteiger partial charge in [0, 0.05) is 17.0 Å². The van der Waals surface area contributed by atoms with Crippen LogP contribution in [0.1, 0.15) is 29.5 Å². The minimum absolute atomic E-state index is 0.0829. The second-order valence-electron chi connectivity index (χ2n) is 5.94. The van der Waals surface area contributed by atoms with E-state index in [-0.39, 0.29) is 23.7 Å². The zero-order valence-corrected chi connectivity index (χ0v) is 14.3. The lowest BCUT2D eigenvalue weighted by atomic mass is 9.77. The topological polar surface area (TPSA) is 12.0 Å². The van der Waals surface area contributed by atoms with Crippen molar-refractivity contribution in [2.24, 2.45) is 5.92 Å². The van der Waals surface area contributed by atoms with E-state index in [0.29, 0.717) is 20.6 Å². The van der Waals surface area contributed by atoms with Gasteiger partial charge < -0.3 is 5.32 Å². The first-order valence-corrected chi connectivity index (χ1v) is 8.56. The van der Waals surface area contributed by atoms with Gasteiger partial charge in [-0.3, -0.25) is 0 Å². The number of hydrogen-bond acceptors (Lipinski definition) is 1. The van der Waals surface area contributed by atoms with Crippen molar-refractivity contribution in [3.63, 3.8) is 0 Å². The molecule has 1 aliphatic carbocycles. The van der Waals surface area contributed by atoms with E-state index in [2.05, 4.69) is 17.5 Å². The standard InChI is InChI=1S/C18H13Cl3FN/c19-12-8-13(20)18-15(16(12)21)9-5-3-6-10(9)17(23-18)11-4-1-2-7-14(11)22/h1-5,7-10,17,23H,6H2/t9-,10+,17-/m1/s1. The summed E-state index contributed by atoms with van der Waals surface area (Å²) in [5, 5.41) is 4.88. The third-order valence-corrected chi connectivity index (χ3v) is 5.82. The molecule has 1 aliphatic heterocycles. The number of hydrogen-bond donors (Lipinski definition) is 1. The van der Waals surface area contributed by atoms with Crippen LogP contribution in [-0.2, 0) is 0 Å². The average Bonchev–Trinajstić information content (AvgIpc) is 3.01. The molecule has 2 aromatic rings. The third kappa shape index (κ3) is 2.36. The number of rotatable bonds is 1. The van der Waals surface area contributed by atoms with Crippen molar-refractivity contribution in [1.29, 1.82) is 0 Å². The normalized spacial score (nSPS) is 25.0. The quantitative estimate of drug-likeness (QED) is 0.441. The lowest BCUT2D eigenvalue weighted by Gasteiger charge is -2.38. The van der Waals surface area contributed by atoms with Crippen molar-refractivity contribution in [2.45, 2.75) is 18.4 Å². The van der Waals surface area contributed by atoms with E-state index in [4.69, 9.17) is 34.8 Å². The van der Waals surface area contributed by atoms with Crippen LogP contribution in [0.3, 0.4) is 0 Å². The SMILES string of the molecule is Fc1ccccc1[C@@H]1Nc2c(Cl)cc(Cl)c(Cl)c2[C@@H]2C=CC[C@@H]21. The van der Waals surface area contributed by atoms with Crippen molar-refractivity contribution < 1.29 is 4.39 Å². The molecule has 0 aromatic heterocycles. The molecule has 2 aromatic carbocycles. The lowest BCUT2D eigenvalue weighted by molar-refractivity contribution is 0.413. The smallest absolute Gasteiger partial charge is 0.128 e. The molecular formula is C18H13Cl3FN. The summed E-state index contributed by atoms with van der Waals surface area (Å²) >= 11 is 19.0. The van der Waals surface area contributed by atoms with Crippen LogP contribution in [0.15, 0.2) is 42.5 Å². The van der Waals surface area contributed by atoms with Gasteiger partial charge in [0.2, 0.25) is 0 Å². The summed E-state index contributed by atoms with van der Waals surface area (Å²) in [5.41, 5.74) is 2.32. The number of benzene rings is 2. The molecule has 0 bridgehead atoms. The Balaban J connectivity index is 1.90. The Kier molecular flexibility index (Phi) is 3.79. The van der Waals surface area contributed by atoms with Crippen LogP contribution in [0.5, 0.6) is 0 Å². The first-order valence-electron chi connectivity index (χ1n) is 7.43. The summed E-state index contributed by atoms with van der Waals surface area (Å²) in [6.45, 7) is 0. The Hall–Kier alpha value is -1.22. The summed E-state index contributed by atoms with van der Waals surface area (Å²) in [5.74, 6) is 0.0567. The monoisotopic (exact) mass is 367 g/mol. The van der Waals surface area contributed by atoms with Crippen LogP contribution in [0.25, 0.3) is 0 Å². The van der Waals surface area contributed by atoms with Gasteiger partial charge in [-0.2, -0.15) is 0 Å². The number of fused-ring (bicyclic) bond motifs is 3. The van der Waals surface area contributed by atoms with Crippen molar-refractivity contribution in [3.8, 4) is 0 Å². The van der Waals surface area contributed by atoms with E-state index < -0.39 is 0 Å². The Morgan fingerprint density at radius 3 is 2.65 bits per heavy atom. The summed E-state index contributed by atoms with van der Waals surface area (Å²) in [6, 6.07) is 8.33. The zero-order valence-electron chi connectivity index (χ0n) is 12.0. The van der Waals surface area contributed by atoms with Crippen molar-refractivity contribution in [2.75, 3.05) is 5.32 Å². The number of anilines is 1. The molecule has 118 valence electrons. The molecule has 1 N–H and O–H groups in total. The van der Waals surface area contributed by atoms with Gasteiger partial charge in [-0.1, -0.05) is 65.2 Å². The maximum absolute atomic E-state index is 14.3. The highest BCUT2D eigenvalue weighted by Gasteiger charge is 2.41. The Bertz CT molecular complexity index is 818. The molecule has 0 saturated carbocycles. The molecule has 0 amide bonds. The fourth-order valence-electron chi connectivity index (χ4n) is 3.70. The van der Waals surface area contributed by atoms with Gasteiger partial charge >= 0.3 is 0 Å². The van der Waals surface area contributed by atoms with Crippen molar-refractivity contribution >= 4 is 40.5 Å². The second kappa shape index (κ2) is 5.70. The molecule has 5 heteroatoms. The van der Waals surface area contributed by atoms with E-state index in [1.165, 1.54) is 6.07 Å². The highest BCUT2D eigenvalue weighted by atomic mass is 35.5. The highest BCUT2D eigenvalue weighted by molar-refractivity contribution is 6.44. The Morgan fingerprint density at radius 1 is 1.09 bits per heavy atom. The van der Waals surface area contributed by atoms with Gasteiger partial charge in [-0.05, 0) is 24.5 Å². The molecule has 0 fully saturated rings. The number of nitrogens with one attached hydrogen (secondary N) is 1. The highest BCUT2D eigenvalue weighted by Crippen LogP contribution is 2.55. The maximum atomic E-state index is 14.3. The summed E-state index contributed by atoms with van der Waals surface area (Å²) in [4.78, 5) is 0. The van der Waals surface area contributed by atoms with Crippen LogP contribution in [0, 0.1) is 11.7 Å². The van der Waals surface area contributed by atoms with Crippen molar-refractivity contribution in [1.82, 2.24) is 0 Å². The fourth-order valence-corrected chi connectivity index (χ4v) is 4.50. The van der Waals surface area contributed by atoms with Crippen LogP contribution in [0.4, 0.5) is 10.1 Å². The molecule has 2 aliphatic rings.